The molecule has 4 nitrogen and oxygen atoms in total. The summed E-state index contributed by atoms with van der Waals surface area (Å²) < 4.78 is 25.2. The minimum atomic E-state index is -4.02. The molecule has 0 saturated carbocycles. The van der Waals surface area contributed by atoms with Crippen molar-refractivity contribution in [2.45, 2.75) is 6.92 Å². The molecule has 0 aromatic heterocycles. The molecule has 0 radical (unpaired) electrons. The van der Waals surface area contributed by atoms with E-state index in [1.54, 1.807) is 0 Å². The van der Waals surface area contributed by atoms with Gasteiger partial charge in [0.25, 0.3) is 5.12 Å². The van der Waals surface area contributed by atoms with Gasteiger partial charge in [-0.15, -0.1) is 0 Å². The summed E-state index contributed by atoms with van der Waals surface area (Å²) in [6.07, 6.45) is 0.699. The minimum absolute atomic E-state index is 0.0398. The quantitative estimate of drug-likeness (QED) is 0.437. The van der Waals surface area contributed by atoms with Crippen LogP contribution in [0.25, 0.3) is 0 Å². The molecule has 0 saturated heterocycles. The molecule has 0 aliphatic carbocycles. The highest BCUT2D eigenvalue weighted by Gasteiger charge is 2.17. The molecular weight excluding hydrogens is 156 g/mol. The zero-order valence-corrected chi connectivity index (χ0v) is 6.35. The van der Waals surface area contributed by atoms with Crippen LogP contribution in [0.4, 0.5) is 0 Å². The molecule has 0 bridgehead atoms. The summed E-state index contributed by atoms with van der Waals surface area (Å²) >= 11 is 0. The second-order valence-corrected chi connectivity index (χ2v) is 2.93. The average molecular weight is 164 g/mol. The van der Waals surface area contributed by atoms with Gasteiger partial charge in [0.2, 0.25) is 0 Å². The standard InChI is InChI=1S/C5H8O4S/c1-3-5(6)10(7,8)9-4-2/h3H,1,4H2,2H3. The molecule has 5 heteroatoms. The lowest BCUT2D eigenvalue weighted by atomic mass is 10.7. The van der Waals surface area contributed by atoms with Gasteiger partial charge in [-0.3, -0.25) is 8.98 Å². The Labute approximate surface area is 59.6 Å². The zero-order valence-electron chi connectivity index (χ0n) is 5.53. The van der Waals surface area contributed by atoms with Crippen molar-refractivity contribution in [1.29, 1.82) is 0 Å². The summed E-state index contributed by atoms with van der Waals surface area (Å²) in [7, 11) is -4.02. The van der Waals surface area contributed by atoms with Crippen LogP contribution in [0, 0.1) is 0 Å². The van der Waals surface area contributed by atoms with Gasteiger partial charge in [0.1, 0.15) is 0 Å². The fourth-order valence-electron chi connectivity index (χ4n) is 0.315. The van der Waals surface area contributed by atoms with E-state index in [2.05, 4.69) is 10.8 Å². The van der Waals surface area contributed by atoms with Crippen molar-refractivity contribution < 1.29 is 17.4 Å². The third kappa shape index (κ3) is 2.28. The van der Waals surface area contributed by atoms with Gasteiger partial charge in [0.05, 0.1) is 6.61 Å². The SMILES string of the molecule is C=CC(=O)S(=O)(=O)OCC. The molecule has 0 aromatic rings. The Morgan fingerprint density at radius 2 is 2.20 bits per heavy atom. The van der Waals surface area contributed by atoms with Crippen molar-refractivity contribution >= 4 is 15.2 Å². The van der Waals surface area contributed by atoms with E-state index >= 15 is 0 Å². The van der Waals surface area contributed by atoms with E-state index in [4.69, 9.17) is 0 Å². The summed E-state index contributed by atoms with van der Waals surface area (Å²) in [5, 5.41) is -1.10. The lowest BCUT2D eigenvalue weighted by molar-refractivity contribution is -0.108. The molecule has 0 heterocycles. The summed E-state index contributed by atoms with van der Waals surface area (Å²) in [6, 6.07) is 0. The van der Waals surface area contributed by atoms with Crippen molar-refractivity contribution in [3.05, 3.63) is 12.7 Å². The lowest BCUT2D eigenvalue weighted by Gasteiger charge is -1.95. The summed E-state index contributed by atoms with van der Waals surface area (Å²) in [6.45, 7) is 4.44. The molecule has 0 fully saturated rings. The van der Waals surface area contributed by atoms with Gasteiger partial charge < -0.3 is 0 Å². The van der Waals surface area contributed by atoms with Crippen LogP contribution in [0.2, 0.25) is 0 Å². The van der Waals surface area contributed by atoms with E-state index in [0.29, 0.717) is 6.08 Å². The van der Waals surface area contributed by atoms with Crippen LogP contribution in [0.1, 0.15) is 6.92 Å². The lowest BCUT2D eigenvalue weighted by Crippen LogP contribution is -2.14. The molecule has 0 spiro atoms. The molecule has 0 rings (SSSR count). The Morgan fingerprint density at radius 3 is 2.50 bits per heavy atom. The van der Waals surface area contributed by atoms with Gasteiger partial charge in [-0.1, -0.05) is 6.58 Å². The van der Waals surface area contributed by atoms with Gasteiger partial charge in [-0.05, 0) is 13.0 Å². The van der Waals surface area contributed by atoms with E-state index in [0.717, 1.165) is 0 Å². The number of rotatable bonds is 3. The topological polar surface area (TPSA) is 60.4 Å². The maximum atomic E-state index is 10.5. The number of carbonyl (C=O) groups excluding carboxylic acids is 1. The number of hydrogen-bond donors (Lipinski definition) is 0. The predicted molar refractivity (Wildman–Crippen MR) is 35.7 cm³/mol. The third-order valence-electron chi connectivity index (χ3n) is 0.686. The van der Waals surface area contributed by atoms with E-state index in [9.17, 15) is 13.2 Å². The van der Waals surface area contributed by atoms with Crippen LogP contribution in [-0.4, -0.2) is 20.1 Å². The van der Waals surface area contributed by atoms with E-state index in [-0.39, 0.29) is 6.61 Å². The first-order valence-electron chi connectivity index (χ1n) is 2.60. The van der Waals surface area contributed by atoms with Crippen LogP contribution in [-0.2, 0) is 19.1 Å². The average Bonchev–Trinajstić information content (AvgIpc) is 1.86. The Hall–Kier alpha value is -0.680. The first kappa shape index (κ1) is 9.32. The molecule has 0 aromatic carbocycles. The van der Waals surface area contributed by atoms with Crippen molar-refractivity contribution in [1.82, 2.24) is 0 Å². The highest BCUT2D eigenvalue weighted by molar-refractivity contribution is 8.02. The van der Waals surface area contributed by atoms with Gasteiger partial charge in [-0.25, -0.2) is 0 Å². The van der Waals surface area contributed by atoms with Crippen LogP contribution < -0.4 is 0 Å². The molecule has 0 unspecified atom stereocenters. The van der Waals surface area contributed by atoms with Crippen LogP contribution in [0.5, 0.6) is 0 Å². The van der Waals surface area contributed by atoms with Gasteiger partial charge in [0, 0.05) is 0 Å². The Morgan fingerprint density at radius 1 is 1.70 bits per heavy atom. The Balaban J connectivity index is 4.42. The Kier molecular flexibility index (Phi) is 3.24. The molecule has 0 amide bonds. The first-order chi connectivity index (χ1) is 4.54. The van der Waals surface area contributed by atoms with Crippen LogP contribution in [0.15, 0.2) is 12.7 Å². The van der Waals surface area contributed by atoms with Crippen molar-refractivity contribution in [3.8, 4) is 0 Å². The molecule has 0 N–H and O–H groups in total. The maximum absolute atomic E-state index is 10.5. The van der Waals surface area contributed by atoms with Crippen molar-refractivity contribution in [2.75, 3.05) is 6.61 Å². The number of hydrogen-bond acceptors (Lipinski definition) is 4. The molecule has 0 aliphatic heterocycles. The normalized spacial score (nSPS) is 10.9. The van der Waals surface area contributed by atoms with Gasteiger partial charge in [0.15, 0.2) is 0 Å². The van der Waals surface area contributed by atoms with Crippen LogP contribution in [0.3, 0.4) is 0 Å². The van der Waals surface area contributed by atoms with Gasteiger partial charge in [-0.2, -0.15) is 8.42 Å². The summed E-state index contributed by atoms with van der Waals surface area (Å²) in [5.74, 6) is 0. The maximum Gasteiger partial charge on any atom is 0.335 e. The van der Waals surface area contributed by atoms with E-state index in [1.807, 2.05) is 0 Å². The van der Waals surface area contributed by atoms with E-state index < -0.39 is 15.2 Å². The largest absolute Gasteiger partial charge is 0.335 e. The van der Waals surface area contributed by atoms with Crippen molar-refractivity contribution in [3.63, 3.8) is 0 Å². The highest BCUT2D eigenvalue weighted by atomic mass is 32.2. The predicted octanol–water partition coefficient (Wildman–Crippen LogP) is 0.0653. The minimum Gasteiger partial charge on any atom is -0.274 e. The second kappa shape index (κ2) is 3.48. The summed E-state index contributed by atoms with van der Waals surface area (Å²) in [5.41, 5.74) is 0. The molecule has 0 atom stereocenters. The van der Waals surface area contributed by atoms with Crippen molar-refractivity contribution in [2.24, 2.45) is 0 Å². The third-order valence-corrected chi connectivity index (χ3v) is 1.89. The smallest absolute Gasteiger partial charge is 0.274 e. The Bertz CT molecular complexity index is 226. The van der Waals surface area contributed by atoms with E-state index in [1.165, 1.54) is 6.92 Å². The summed E-state index contributed by atoms with van der Waals surface area (Å²) in [4.78, 5) is 10.4. The molecule has 58 valence electrons. The molecule has 0 aliphatic rings. The fourth-order valence-corrected chi connectivity index (χ4v) is 0.946. The zero-order chi connectivity index (χ0) is 8.20. The van der Waals surface area contributed by atoms with Crippen LogP contribution >= 0.6 is 0 Å². The highest BCUT2D eigenvalue weighted by Crippen LogP contribution is 1.94. The number of carbonyl (C=O) groups is 1. The fraction of sp³-hybridized carbons (Fsp3) is 0.400. The van der Waals surface area contributed by atoms with Gasteiger partial charge >= 0.3 is 10.1 Å². The second-order valence-electron chi connectivity index (χ2n) is 1.38. The first-order valence-corrected chi connectivity index (χ1v) is 4.01. The molecular formula is C5H8O4S. The monoisotopic (exact) mass is 164 g/mol. The molecule has 10 heavy (non-hydrogen) atoms.